The molecule has 118 valence electrons. The molecule has 1 saturated carbocycles. The summed E-state index contributed by atoms with van der Waals surface area (Å²) in [6.45, 7) is 4.18. The normalized spacial score (nSPS) is 22.0. The van der Waals surface area contributed by atoms with Crippen LogP contribution in [0.4, 0.5) is 6.01 Å². The van der Waals surface area contributed by atoms with Crippen LogP contribution in [0.15, 0.2) is 4.42 Å². The maximum absolute atomic E-state index is 12.5. The van der Waals surface area contributed by atoms with Crippen LogP contribution >= 0.6 is 0 Å². The highest BCUT2D eigenvalue weighted by Crippen LogP contribution is 2.28. The smallest absolute Gasteiger partial charge is 0.318 e. The van der Waals surface area contributed by atoms with E-state index in [4.69, 9.17) is 4.42 Å². The topological polar surface area (TPSA) is 79.5 Å². The van der Waals surface area contributed by atoms with Crippen molar-refractivity contribution in [1.82, 2.24) is 14.5 Å². The first-order valence-corrected chi connectivity index (χ1v) is 9.18. The quantitative estimate of drug-likeness (QED) is 0.826. The lowest BCUT2D eigenvalue weighted by atomic mass is 10.4. The molecule has 8 heteroatoms. The lowest BCUT2D eigenvalue weighted by Crippen LogP contribution is -2.51. The molecular weight excluding hydrogens is 292 g/mol. The molecular formula is C13H22N4O3S. The molecule has 0 N–H and O–H groups in total. The van der Waals surface area contributed by atoms with Gasteiger partial charge >= 0.3 is 6.01 Å². The monoisotopic (exact) mass is 314 g/mol. The Bertz CT molecular complexity index is 572. The number of sulfonamides is 1. The van der Waals surface area contributed by atoms with Crippen LogP contribution in [-0.4, -0.2) is 54.3 Å². The maximum Gasteiger partial charge on any atom is 0.318 e. The Kier molecular flexibility index (Phi) is 4.17. The summed E-state index contributed by atoms with van der Waals surface area (Å²) in [6.07, 6.45) is 4.40. The van der Waals surface area contributed by atoms with Gasteiger partial charge in [0.15, 0.2) is 0 Å². The fourth-order valence-corrected chi connectivity index (χ4v) is 5.07. The van der Waals surface area contributed by atoms with E-state index < -0.39 is 10.0 Å². The average molecular weight is 314 g/mol. The predicted octanol–water partition coefficient (Wildman–Crippen LogP) is 1.03. The van der Waals surface area contributed by atoms with Crippen molar-refractivity contribution in [3.63, 3.8) is 0 Å². The van der Waals surface area contributed by atoms with Crippen LogP contribution in [0.3, 0.4) is 0 Å². The number of hydrogen-bond donors (Lipinski definition) is 0. The average Bonchev–Trinajstić information content (AvgIpc) is 3.19. The molecule has 3 rings (SSSR count). The van der Waals surface area contributed by atoms with Crippen molar-refractivity contribution >= 4 is 16.0 Å². The molecule has 1 aromatic rings. The molecule has 1 aliphatic heterocycles. The summed E-state index contributed by atoms with van der Waals surface area (Å²) in [5, 5.41) is 7.80. The molecule has 0 radical (unpaired) electrons. The minimum Gasteiger partial charge on any atom is -0.408 e. The van der Waals surface area contributed by atoms with Crippen molar-refractivity contribution < 1.29 is 12.8 Å². The molecule has 1 aromatic heterocycles. The van der Waals surface area contributed by atoms with Crippen LogP contribution in [0.25, 0.3) is 0 Å². The van der Waals surface area contributed by atoms with E-state index in [1.165, 1.54) is 0 Å². The maximum atomic E-state index is 12.5. The molecule has 21 heavy (non-hydrogen) atoms. The van der Waals surface area contributed by atoms with E-state index in [0.717, 1.165) is 25.7 Å². The van der Waals surface area contributed by atoms with Gasteiger partial charge in [0, 0.05) is 32.6 Å². The third kappa shape index (κ3) is 2.91. The van der Waals surface area contributed by atoms with E-state index in [2.05, 4.69) is 10.2 Å². The predicted molar refractivity (Wildman–Crippen MR) is 78.6 cm³/mol. The summed E-state index contributed by atoms with van der Waals surface area (Å²) in [6, 6.07) is 0.504. The third-order valence-electron chi connectivity index (χ3n) is 4.35. The van der Waals surface area contributed by atoms with Crippen molar-refractivity contribution in [2.24, 2.45) is 0 Å². The summed E-state index contributed by atoms with van der Waals surface area (Å²) in [5.74, 6) is 0.617. The Balaban J connectivity index is 1.62. The first kappa shape index (κ1) is 14.8. The highest BCUT2D eigenvalue weighted by molar-refractivity contribution is 7.89. The van der Waals surface area contributed by atoms with Gasteiger partial charge in [-0.25, -0.2) is 8.42 Å². The van der Waals surface area contributed by atoms with E-state index in [-0.39, 0.29) is 5.25 Å². The fraction of sp³-hybridized carbons (Fsp3) is 0.846. The second-order valence-corrected chi connectivity index (χ2v) is 7.88. The number of hydrogen-bond acceptors (Lipinski definition) is 6. The molecule has 0 bridgehead atoms. The van der Waals surface area contributed by atoms with Gasteiger partial charge in [0.2, 0.25) is 15.9 Å². The summed E-state index contributed by atoms with van der Waals surface area (Å²) < 4.78 is 32.2. The van der Waals surface area contributed by atoms with Gasteiger partial charge in [0.25, 0.3) is 0 Å². The van der Waals surface area contributed by atoms with Crippen molar-refractivity contribution in [3.05, 3.63) is 5.89 Å². The van der Waals surface area contributed by atoms with Gasteiger partial charge in [-0.1, -0.05) is 24.9 Å². The second-order valence-electron chi connectivity index (χ2n) is 5.67. The molecule has 2 heterocycles. The van der Waals surface area contributed by atoms with E-state index in [9.17, 15) is 8.42 Å². The van der Waals surface area contributed by atoms with Gasteiger partial charge in [0.1, 0.15) is 0 Å². The van der Waals surface area contributed by atoms with Crippen molar-refractivity contribution in [2.45, 2.75) is 44.3 Å². The number of anilines is 1. The van der Waals surface area contributed by atoms with Crippen LogP contribution < -0.4 is 4.90 Å². The van der Waals surface area contributed by atoms with Gasteiger partial charge in [-0.05, 0) is 12.8 Å². The summed E-state index contributed by atoms with van der Waals surface area (Å²) in [7, 11) is -3.13. The Morgan fingerprint density at radius 2 is 1.81 bits per heavy atom. The molecule has 1 saturated heterocycles. The van der Waals surface area contributed by atoms with Gasteiger partial charge in [-0.2, -0.15) is 4.31 Å². The highest BCUT2D eigenvalue weighted by atomic mass is 32.2. The van der Waals surface area contributed by atoms with Crippen molar-refractivity contribution in [2.75, 3.05) is 31.1 Å². The fourth-order valence-electron chi connectivity index (χ4n) is 3.05. The first-order chi connectivity index (χ1) is 10.1. The van der Waals surface area contributed by atoms with Crippen LogP contribution in [0.5, 0.6) is 0 Å². The SMILES string of the molecule is CCc1nnc(N2CCN(S(=O)(=O)C3CCCC3)CC2)o1. The molecule has 1 aliphatic carbocycles. The molecule has 0 aromatic carbocycles. The summed E-state index contributed by atoms with van der Waals surface area (Å²) in [5.41, 5.74) is 0. The zero-order chi connectivity index (χ0) is 14.9. The minimum atomic E-state index is -3.13. The largest absolute Gasteiger partial charge is 0.408 e. The Morgan fingerprint density at radius 1 is 1.14 bits per heavy atom. The minimum absolute atomic E-state index is 0.167. The summed E-state index contributed by atoms with van der Waals surface area (Å²) >= 11 is 0. The van der Waals surface area contributed by atoms with Crippen LogP contribution in [0.1, 0.15) is 38.5 Å². The first-order valence-electron chi connectivity index (χ1n) is 7.67. The van der Waals surface area contributed by atoms with E-state index in [1.54, 1.807) is 4.31 Å². The molecule has 2 fully saturated rings. The molecule has 2 aliphatic rings. The number of rotatable bonds is 4. The van der Waals surface area contributed by atoms with Gasteiger partial charge in [-0.3, -0.25) is 0 Å². The lowest BCUT2D eigenvalue weighted by Gasteiger charge is -2.34. The molecule has 7 nitrogen and oxygen atoms in total. The molecule has 0 atom stereocenters. The number of aromatic nitrogens is 2. The lowest BCUT2D eigenvalue weighted by molar-refractivity contribution is 0.364. The van der Waals surface area contributed by atoms with E-state index >= 15 is 0 Å². The van der Waals surface area contributed by atoms with E-state index in [0.29, 0.717) is 44.5 Å². The van der Waals surface area contributed by atoms with Crippen LogP contribution in [0.2, 0.25) is 0 Å². The third-order valence-corrected chi connectivity index (χ3v) is 6.75. The second kappa shape index (κ2) is 5.92. The van der Waals surface area contributed by atoms with Gasteiger partial charge in [0.05, 0.1) is 5.25 Å². The standard InChI is InChI=1S/C13H22N4O3S/c1-2-12-14-15-13(20-12)16-7-9-17(10-8-16)21(18,19)11-5-3-4-6-11/h11H,2-10H2,1H3. The Labute approximate surface area is 125 Å². The Hall–Kier alpha value is -1.15. The zero-order valence-corrected chi connectivity index (χ0v) is 13.2. The van der Waals surface area contributed by atoms with Gasteiger partial charge in [-0.15, -0.1) is 5.10 Å². The van der Waals surface area contributed by atoms with Crippen LogP contribution in [0, 0.1) is 0 Å². The van der Waals surface area contributed by atoms with E-state index in [1.807, 2.05) is 11.8 Å². The molecule has 0 amide bonds. The van der Waals surface area contributed by atoms with Gasteiger partial charge < -0.3 is 9.32 Å². The Morgan fingerprint density at radius 3 is 2.38 bits per heavy atom. The molecule has 0 spiro atoms. The number of piperazine rings is 1. The zero-order valence-electron chi connectivity index (χ0n) is 12.4. The van der Waals surface area contributed by atoms with Crippen LogP contribution in [-0.2, 0) is 16.4 Å². The summed E-state index contributed by atoms with van der Waals surface area (Å²) in [4.78, 5) is 1.97. The number of aryl methyl sites for hydroxylation is 1. The number of nitrogens with zero attached hydrogens (tertiary/aromatic N) is 4. The highest BCUT2D eigenvalue weighted by Gasteiger charge is 2.36. The van der Waals surface area contributed by atoms with Crippen molar-refractivity contribution in [3.8, 4) is 0 Å². The van der Waals surface area contributed by atoms with Crippen molar-refractivity contribution in [1.29, 1.82) is 0 Å². The molecule has 0 unspecified atom stereocenters.